The zero-order valence-corrected chi connectivity index (χ0v) is 5.49. The summed E-state index contributed by atoms with van der Waals surface area (Å²) in [6.45, 7) is 1.24. The summed E-state index contributed by atoms with van der Waals surface area (Å²) in [4.78, 5) is 4.98. The van der Waals surface area contributed by atoms with Crippen LogP contribution in [0.15, 0.2) is 5.16 Å². The molecular weight excluding hydrogens is 134 g/mol. The summed E-state index contributed by atoms with van der Waals surface area (Å²) in [5.74, 6) is 0.213. The number of ether oxygens (including phenoxy) is 1. The third-order valence-corrected chi connectivity index (χ3v) is 1.92. The molecule has 0 saturated carbocycles. The number of rotatable bonds is 1. The van der Waals surface area contributed by atoms with Crippen LogP contribution in [0.5, 0.6) is 0 Å². The standard InChI is InChI=1S/C6H9NO3/c8-1-5-4-2-9-3-6(4)10-7-5/h4,6,8H,1-3H2/t4-,6-/m1/s1. The van der Waals surface area contributed by atoms with Crippen LogP contribution >= 0.6 is 0 Å². The summed E-state index contributed by atoms with van der Waals surface area (Å²) >= 11 is 0. The largest absolute Gasteiger partial charge is 0.390 e. The molecule has 0 bridgehead atoms. The van der Waals surface area contributed by atoms with Crippen LogP contribution in [0.4, 0.5) is 0 Å². The number of fused-ring (bicyclic) bond motifs is 1. The SMILES string of the molecule is OCC1=NO[C@@H]2COC[C@H]12. The van der Waals surface area contributed by atoms with Gasteiger partial charge < -0.3 is 14.7 Å². The average molecular weight is 143 g/mol. The van der Waals surface area contributed by atoms with Gasteiger partial charge in [0.1, 0.15) is 0 Å². The summed E-state index contributed by atoms with van der Waals surface area (Å²) in [7, 11) is 0. The molecule has 2 rings (SSSR count). The van der Waals surface area contributed by atoms with E-state index in [0.29, 0.717) is 13.2 Å². The molecule has 1 N–H and O–H groups in total. The summed E-state index contributed by atoms with van der Waals surface area (Å²) in [6, 6.07) is 0. The molecule has 1 fully saturated rings. The maximum Gasteiger partial charge on any atom is 0.161 e. The lowest BCUT2D eigenvalue weighted by atomic mass is 10.0. The lowest BCUT2D eigenvalue weighted by Crippen LogP contribution is -2.23. The molecule has 0 aliphatic carbocycles. The Kier molecular flexibility index (Phi) is 1.35. The molecule has 2 aliphatic rings. The Morgan fingerprint density at radius 2 is 2.50 bits per heavy atom. The summed E-state index contributed by atoms with van der Waals surface area (Å²) in [6.07, 6.45) is 0.0714. The highest BCUT2D eigenvalue weighted by atomic mass is 16.7. The van der Waals surface area contributed by atoms with Gasteiger partial charge in [-0.2, -0.15) is 0 Å². The molecule has 0 radical (unpaired) electrons. The van der Waals surface area contributed by atoms with Gasteiger partial charge in [0.2, 0.25) is 0 Å². The molecule has 4 heteroatoms. The number of aliphatic hydroxyl groups is 1. The van der Waals surface area contributed by atoms with Crippen molar-refractivity contribution in [3.63, 3.8) is 0 Å². The fourth-order valence-corrected chi connectivity index (χ4v) is 1.30. The molecule has 0 unspecified atom stereocenters. The summed E-state index contributed by atoms with van der Waals surface area (Å²) in [5.41, 5.74) is 0.725. The Labute approximate surface area is 58.4 Å². The Morgan fingerprint density at radius 1 is 1.60 bits per heavy atom. The first-order chi connectivity index (χ1) is 4.92. The topological polar surface area (TPSA) is 51.1 Å². The fraction of sp³-hybridized carbons (Fsp3) is 0.833. The minimum absolute atomic E-state index is 0.00940. The van der Waals surface area contributed by atoms with E-state index in [1.807, 2.05) is 0 Å². The smallest absolute Gasteiger partial charge is 0.161 e. The Bertz CT molecular complexity index is 168. The second kappa shape index (κ2) is 2.21. The van der Waals surface area contributed by atoms with Crippen molar-refractivity contribution in [1.29, 1.82) is 0 Å². The van der Waals surface area contributed by atoms with E-state index in [0.717, 1.165) is 5.71 Å². The van der Waals surface area contributed by atoms with E-state index in [1.54, 1.807) is 0 Å². The van der Waals surface area contributed by atoms with Crippen LogP contribution in [-0.4, -0.2) is 36.7 Å². The monoisotopic (exact) mass is 143 g/mol. The molecule has 2 aliphatic heterocycles. The van der Waals surface area contributed by atoms with Gasteiger partial charge in [-0.3, -0.25) is 0 Å². The third-order valence-electron chi connectivity index (χ3n) is 1.92. The van der Waals surface area contributed by atoms with E-state index in [2.05, 4.69) is 5.16 Å². The van der Waals surface area contributed by atoms with Crippen molar-refractivity contribution in [2.75, 3.05) is 19.8 Å². The van der Waals surface area contributed by atoms with Gasteiger partial charge in [0.05, 0.1) is 31.5 Å². The van der Waals surface area contributed by atoms with E-state index < -0.39 is 0 Å². The highest BCUT2D eigenvalue weighted by molar-refractivity contribution is 5.89. The minimum atomic E-state index is -0.00940. The van der Waals surface area contributed by atoms with Gasteiger partial charge >= 0.3 is 0 Å². The zero-order valence-electron chi connectivity index (χ0n) is 5.49. The zero-order chi connectivity index (χ0) is 6.97. The molecule has 0 aromatic heterocycles. The van der Waals surface area contributed by atoms with Gasteiger partial charge in [-0.05, 0) is 0 Å². The van der Waals surface area contributed by atoms with Crippen molar-refractivity contribution in [3.8, 4) is 0 Å². The highest BCUT2D eigenvalue weighted by Gasteiger charge is 2.38. The number of aliphatic hydroxyl groups excluding tert-OH is 1. The van der Waals surface area contributed by atoms with Crippen LogP contribution < -0.4 is 0 Å². The lowest BCUT2D eigenvalue weighted by molar-refractivity contribution is 0.0557. The van der Waals surface area contributed by atoms with E-state index in [-0.39, 0.29) is 18.6 Å². The molecular formula is C6H9NO3. The minimum Gasteiger partial charge on any atom is -0.390 e. The van der Waals surface area contributed by atoms with E-state index in [9.17, 15) is 0 Å². The second-order valence-electron chi connectivity index (χ2n) is 2.53. The van der Waals surface area contributed by atoms with Gasteiger partial charge in [-0.15, -0.1) is 0 Å². The molecule has 0 amide bonds. The lowest BCUT2D eigenvalue weighted by Gasteiger charge is -2.02. The van der Waals surface area contributed by atoms with E-state index >= 15 is 0 Å². The Morgan fingerprint density at radius 3 is 3.30 bits per heavy atom. The predicted octanol–water partition coefficient (Wildman–Crippen LogP) is -0.620. The number of hydrogen-bond acceptors (Lipinski definition) is 4. The fourth-order valence-electron chi connectivity index (χ4n) is 1.30. The first-order valence-corrected chi connectivity index (χ1v) is 3.33. The quantitative estimate of drug-likeness (QED) is 0.532. The normalized spacial score (nSPS) is 37.1. The third kappa shape index (κ3) is 0.726. The van der Waals surface area contributed by atoms with Crippen LogP contribution in [0, 0.1) is 5.92 Å². The predicted molar refractivity (Wildman–Crippen MR) is 33.7 cm³/mol. The number of hydrogen-bond donors (Lipinski definition) is 1. The number of oxime groups is 1. The van der Waals surface area contributed by atoms with Crippen LogP contribution in [0.25, 0.3) is 0 Å². The Balaban J connectivity index is 2.10. The first-order valence-electron chi connectivity index (χ1n) is 3.33. The second-order valence-corrected chi connectivity index (χ2v) is 2.53. The average Bonchev–Trinajstić information content (AvgIpc) is 2.44. The number of nitrogens with zero attached hydrogens (tertiary/aromatic N) is 1. The molecule has 0 aromatic rings. The Hall–Kier alpha value is -0.610. The van der Waals surface area contributed by atoms with Crippen LogP contribution in [-0.2, 0) is 9.57 Å². The van der Waals surface area contributed by atoms with Gasteiger partial charge in [0.25, 0.3) is 0 Å². The van der Waals surface area contributed by atoms with Gasteiger partial charge in [0.15, 0.2) is 6.10 Å². The molecule has 0 spiro atoms. The van der Waals surface area contributed by atoms with Crippen molar-refractivity contribution in [2.45, 2.75) is 6.10 Å². The molecule has 1 saturated heterocycles. The van der Waals surface area contributed by atoms with E-state index in [4.69, 9.17) is 14.7 Å². The van der Waals surface area contributed by atoms with Crippen LogP contribution in [0.2, 0.25) is 0 Å². The molecule has 56 valence electrons. The van der Waals surface area contributed by atoms with Crippen LogP contribution in [0.3, 0.4) is 0 Å². The highest BCUT2D eigenvalue weighted by Crippen LogP contribution is 2.24. The molecule has 4 nitrogen and oxygen atoms in total. The first kappa shape index (κ1) is 6.12. The summed E-state index contributed by atoms with van der Waals surface area (Å²) in [5, 5.41) is 12.5. The van der Waals surface area contributed by atoms with Crippen molar-refractivity contribution < 1.29 is 14.7 Å². The molecule has 2 atom stereocenters. The van der Waals surface area contributed by atoms with Crippen LogP contribution in [0.1, 0.15) is 0 Å². The maximum absolute atomic E-state index is 8.75. The van der Waals surface area contributed by atoms with Gasteiger partial charge in [-0.1, -0.05) is 5.16 Å². The van der Waals surface area contributed by atoms with Crippen molar-refractivity contribution in [2.24, 2.45) is 11.1 Å². The van der Waals surface area contributed by atoms with Crippen molar-refractivity contribution in [1.82, 2.24) is 0 Å². The molecule has 2 heterocycles. The van der Waals surface area contributed by atoms with Gasteiger partial charge in [-0.25, -0.2) is 0 Å². The maximum atomic E-state index is 8.75. The summed E-state index contributed by atoms with van der Waals surface area (Å²) < 4.78 is 5.13. The molecule has 0 aromatic carbocycles. The van der Waals surface area contributed by atoms with Crippen molar-refractivity contribution >= 4 is 5.71 Å². The van der Waals surface area contributed by atoms with Gasteiger partial charge in [0, 0.05) is 0 Å². The van der Waals surface area contributed by atoms with E-state index in [1.165, 1.54) is 0 Å². The van der Waals surface area contributed by atoms with Crippen molar-refractivity contribution in [3.05, 3.63) is 0 Å². The molecule has 10 heavy (non-hydrogen) atoms.